The maximum Gasteiger partial charge on any atom is 0.158 e. The normalized spacial score (nSPS) is 28.9. The van der Waals surface area contributed by atoms with Crippen molar-refractivity contribution in [2.45, 2.75) is 76.4 Å². The van der Waals surface area contributed by atoms with Crippen molar-refractivity contribution in [2.75, 3.05) is 13.2 Å². The van der Waals surface area contributed by atoms with Crippen molar-refractivity contribution in [3.63, 3.8) is 0 Å². The Hall–Kier alpha value is -0.180. The van der Waals surface area contributed by atoms with Crippen molar-refractivity contribution in [1.29, 1.82) is 0 Å². The van der Waals surface area contributed by atoms with Gasteiger partial charge in [0.2, 0.25) is 0 Å². The van der Waals surface area contributed by atoms with E-state index in [4.69, 9.17) is 19.3 Å². The van der Waals surface area contributed by atoms with E-state index in [-0.39, 0.29) is 12.5 Å². The minimum Gasteiger partial charge on any atom is -0.357 e. The first-order chi connectivity index (χ1) is 11.3. The standard InChI is InChI=1S/C17H25IN2O3/c18-16-13(11-23-15-6-2-4-10-22-15)20(14-5-1-3-9-21-14)19-17(16)12-7-8-12/h12,14-15H,1-11H2. The third kappa shape index (κ3) is 3.75. The molecule has 1 aromatic heterocycles. The third-order valence-corrected chi connectivity index (χ3v) is 6.08. The lowest BCUT2D eigenvalue weighted by Crippen LogP contribution is -2.25. The number of ether oxygens (including phenoxy) is 3. The first-order valence-corrected chi connectivity index (χ1v) is 10.0. The highest BCUT2D eigenvalue weighted by atomic mass is 127. The van der Waals surface area contributed by atoms with Gasteiger partial charge in [-0.15, -0.1) is 0 Å². The van der Waals surface area contributed by atoms with Crippen molar-refractivity contribution in [2.24, 2.45) is 0 Å². The lowest BCUT2D eigenvalue weighted by Gasteiger charge is -2.26. The number of nitrogens with zero attached hydrogens (tertiary/aromatic N) is 2. The summed E-state index contributed by atoms with van der Waals surface area (Å²) in [6, 6.07) is 0. The van der Waals surface area contributed by atoms with Gasteiger partial charge in [-0.3, -0.25) is 0 Å². The van der Waals surface area contributed by atoms with E-state index in [0.29, 0.717) is 12.5 Å². The van der Waals surface area contributed by atoms with Crippen LogP contribution in [0.4, 0.5) is 0 Å². The molecule has 0 radical (unpaired) electrons. The molecule has 2 unspecified atom stereocenters. The van der Waals surface area contributed by atoms with Gasteiger partial charge in [-0.1, -0.05) is 0 Å². The van der Waals surface area contributed by atoms with Gasteiger partial charge in [-0.2, -0.15) is 5.10 Å². The van der Waals surface area contributed by atoms with Gasteiger partial charge in [-0.05, 0) is 74.0 Å². The van der Waals surface area contributed by atoms with Crippen LogP contribution in [0.1, 0.15) is 74.9 Å². The van der Waals surface area contributed by atoms with Gasteiger partial charge < -0.3 is 14.2 Å². The Morgan fingerprint density at radius 3 is 2.48 bits per heavy atom. The van der Waals surface area contributed by atoms with E-state index in [1.807, 2.05) is 0 Å². The van der Waals surface area contributed by atoms with Crippen LogP contribution in [0.3, 0.4) is 0 Å². The molecule has 0 bridgehead atoms. The van der Waals surface area contributed by atoms with Gasteiger partial charge in [0, 0.05) is 19.1 Å². The summed E-state index contributed by atoms with van der Waals surface area (Å²) < 4.78 is 21.1. The SMILES string of the molecule is Ic1c(C2CC2)nn(C2CCCCO2)c1COC1CCCCO1. The van der Waals surface area contributed by atoms with Gasteiger partial charge in [0.15, 0.2) is 12.5 Å². The van der Waals surface area contributed by atoms with Crippen LogP contribution in [0.25, 0.3) is 0 Å². The molecule has 3 fully saturated rings. The maximum atomic E-state index is 6.05. The van der Waals surface area contributed by atoms with Gasteiger partial charge in [0.1, 0.15) is 0 Å². The molecule has 23 heavy (non-hydrogen) atoms. The van der Waals surface area contributed by atoms with Gasteiger partial charge in [0.25, 0.3) is 0 Å². The van der Waals surface area contributed by atoms with Crippen LogP contribution in [-0.4, -0.2) is 29.3 Å². The summed E-state index contributed by atoms with van der Waals surface area (Å²) in [6.07, 6.45) is 9.33. The molecular weight excluding hydrogens is 407 g/mol. The zero-order valence-electron chi connectivity index (χ0n) is 13.5. The Morgan fingerprint density at radius 1 is 1.04 bits per heavy atom. The van der Waals surface area contributed by atoms with Crippen molar-refractivity contribution in [3.8, 4) is 0 Å². The second kappa shape index (κ2) is 7.37. The molecule has 1 aliphatic carbocycles. The Morgan fingerprint density at radius 2 is 1.83 bits per heavy atom. The molecule has 2 saturated heterocycles. The summed E-state index contributed by atoms with van der Waals surface area (Å²) in [7, 11) is 0. The number of halogens is 1. The second-order valence-corrected chi connectivity index (χ2v) is 7.87. The molecule has 0 aromatic carbocycles. The van der Waals surface area contributed by atoms with Crippen molar-refractivity contribution >= 4 is 22.6 Å². The summed E-state index contributed by atoms with van der Waals surface area (Å²) in [5.74, 6) is 0.649. The van der Waals surface area contributed by atoms with Crippen LogP contribution < -0.4 is 0 Å². The van der Waals surface area contributed by atoms with Crippen LogP contribution in [0.5, 0.6) is 0 Å². The molecule has 4 rings (SSSR count). The molecule has 1 saturated carbocycles. The minimum absolute atomic E-state index is 0.0560. The minimum atomic E-state index is -0.0560. The van der Waals surface area contributed by atoms with Crippen LogP contribution in [0, 0.1) is 3.57 Å². The quantitative estimate of drug-likeness (QED) is 0.658. The van der Waals surface area contributed by atoms with Crippen molar-refractivity contribution in [1.82, 2.24) is 9.78 Å². The predicted molar refractivity (Wildman–Crippen MR) is 94.1 cm³/mol. The van der Waals surface area contributed by atoms with Crippen molar-refractivity contribution in [3.05, 3.63) is 15.0 Å². The summed E-state index contributed by atoms with van der Waals surface area (Å²) in [6.45, 7) is 2.23. The first-order valence-electron chi connectivity index (χ1n) is 8.94. The average Bonchev–Trinajstić information content (AvgIpc) is 3.39. The monoisotopic (exact) mass is 432 g/mol. The maximum absolute atomic E-state index is 6.05. The molecule has 0 N–H and O–H groups in total. The van der Waals surface area contributed by atoms with Gasteiger partial charge in [-0.25, -0.2) is 4.68 Å². The topological polar surface area (TPSA) is 45.5 Å². The number of aromatic nitrogens is 2. The van der Waals surface area contributed by atoms with Crippen LogP contribution in [-0.2, 0) is 20.8 Å². The smallest absolute Gasteiger partial charge is 0.158 e. The summed E-state index contributed by atoms with van der Waals surface area (Å²) in [5.41, 5.74) is 2.43. The summed E-state index contributed by atoms with van der Waals surface area (Å²) in [4.78, 5) is 0. The lowest BCUT2D eigenvalue weighted by atomic mass is 10.2. The molecule has 3 aliphatic rings. The molecular formula is C17H25IN2O3. The van der Waals surface area contributed by atoms with Gasteiger partial charge in [0.05, 0.1) is 21.6 Å². The molecule has 2 atom stereocenters. The molecule has 0 amide bonds. The van der Waals surface area contributed by atoms with E-state index in [9.17, 15) is 0 Å². The van der Waals surface area contributed by atoms with E-state index < -0.39 is 0 Å². The van der Waals surface area contributed by atoms with Crippen LogP contribution >= 0.6 is 22.6 Å². The zero-order valence-corrected chi connectivity index (χ0v) is 15.7. The first kappa shape index (κ1) is 16.3. The van der Waals surface area contributed by atoms with Crippen LogP contribution in [0.15, 0.2) is 0 Å². The molecule has 3 heterocycles. The highest BCUT2D eigenvalue weighted by Gasteiger charge is 2.33. The Kier molecular flexibility index (Phi) is 5.22. The third-order valence-electron chi connectivity index (χ3n) is 4.91. The van der Waals surface area contributed by atoms with E-state index in [1.54, 1.807) is 0 Å². The Labute approximate surface area is 151 Å². The van der Waals surface area contributed by atoms with Crippen molar-refractivity contribution < 1.29 is 14.2 Å². The molecule has 1 aromatic rings. The van der Waals surface area contributed by atoms with Crippen LogP contribution in [0.2, 0.25) is 0 Å². The Balaban J connectivity index is 1.52. The van der Waals surface area contributed by atoms with E-state index in [1.165, 1.54) is 40.6 Å². The number of hydrogen-bond acceptors (Lipinski definition) is 4. The van der Waals surface area contributed by atoms with E-state index >= 15 is 0 Å². The predicted octanol–water partition coefficient (Wildman–Crippen LogP) is 4.11. The summed E-state index contributed by atoms with van der Waals surface area (Å²) in [5, 5.41) is 4.92. The molecule has 0 spiro atoms. The highest BCUT2D eigenvalue weighted by Crippen LogP contribution is 2.43. The Bertz CT molecular complexity index is 532. The van der Waals surface area contributed by atoms with E-state index in [0.717, 1.165) is 38.9 Å². The molecule has 2 aliphatic heterocycles. The fraction of sp³-hybridized carbons (Fsp3) is 0.824. The highest BCUT2D eigenvalue weighted by molar-refractivity contribution is 14.1. The molecule has 5 nitrogen and oxygen atoms in total. The fourth-order valence-corrected chi connectivity index (χ4v) is 4.34. The van der Waals surface area contributed by atoms with Gasteiger partial charge >= 0.3 is 0 Å². The lowest BCUT2D eigenvalue weighted by molar-refractivity contribution is -0.171. The largest absolute Gasteiger partial charge is 0.357 e. The zero-order chi connectivity index (χ0) is 15.6. The fourth-order valence-electron chi connectivity index (χ4n) is 3.39. The number of rotatable bonds is 5. The average molecular weight is 432 g/mol. The van der Waals surface area contributed by atoms with E-state index in [2.05, 4.69) is 27.3 Å². The molecule has 6 heteroatoms. The number of hydrogen-bond donors (Lipinski definition) is 0. The molecule has 128 valence electrons. The second-order valence-electron chi connectivity index (χ2n) is 6.79. The summed E-state index contributed by atoms with van der Waals surface area (Å²) >= 11 is 2.45.